The third-order valence-electron chi connectivity index (χ3n) is 9.50. The summed E-state index contributed by atoms with van der Waals surface area (Å²) in [6.07, 6.45) is 0. The quantitative estimate of drug-likeness (QED) is 0.142. The van der Waals surface area contributed by atoms with Crippen LogP contribution in [0.25, 0.3) is 0 Å². The number of benzene rings is 6. The molecule has 4 nitrogen and oxygen atoms in total. The van der Waals surface area contributed by atoms with Gasteiger partial charge in [-0.05, 0) is 142 Å². The monoisotopic (exact) mass is 686 g/mol. The van der Waals surface area contributed by atoms with Gasteiger partial charge in [0.05, 0.1) is 0 Å². The SMILES string of the molecule is CC(C)(C)c1ccc(Nc2ccc(N(c3ccc(Nc4ccc(C(C)(C)C)cc4)cc3)c3ccc(Nc4ccc(C(C)(C)C)cc4)cc3)cc2)cc1. The minimum absolute atomic E-state index is 0.127. The Labute approximate surface area is 312 Å². The van der Waals surface area contributed by atoms with Crippen molar-refractivity contribution in [3.8, 4) is 0 Å². The molecule has 0 aliphatic rings. The van der Waals surface area contributed by atoms with Crippen molar-refractivity contribution in [2.45, 2.75) is 78.6 Å². The van der Waals surface area contributed by atoms with Gasteiger partial charge in [-0.1, -0.05) is 98.7 Å². The molecule has 0 heterocycles. The summed E-state index contributed by atoms with van der Waals surface area (Å²) in [6.45, 7) is 20.2. The maximum atomic E-state index is 3.58. The molecule has 4 heteroatoms. The van der Waals surface area contributed by atoms with E-state index in [1.54, 1.807) is 0 Å². The van der Waals surface area contributed by atoms with Crippen molar-refractivity contribution < 1.29 is 0 Å². The van der Waals surface area contributed by atoms with Gasteiger partial charge < -0.3 is 20.9 Å². The number of hydrogen-bond acceptors (Lipinski definition) is 4. The Hall–Kier alpha value is -5.48. The minimum Gasteiger partial charge on any atom is -0.356 e. The molecule has 0 aliphatic carbocycles. The van der Waals surface area contributed by atoms with Crippen LogP contribution >= 0.6 is 0 Å². The van der Waals surface area contributed by atoms with Gasteiger partial charge in [0.2, 0.25) is 0 Å². The number of hydrogen-bond donors (Lipinski definition) is 3. The van der Waals surface area contributed by atoms with Gasteiger partial charge >= 0.3 is 0 Å². The molecule has 0 aliphatic heterocycles. The van der Waals surface area contributed by atoms with Crippen LogP contribution in [0.2, 0.25) is 0 Å². The largest absolute Gasteiger partial charge is 0.356 e. The molecule has 52 heavy (non-hydrogen) atoms. The molecule has 266 valence electrons. The van der Waals surface area contributed by atoms with Crippen molar-refractivity contribution in [3.63, 3.8) is 0 Å². The van der Waals surface area contributed by atoms with Crippen molar-refractivity contribution >= 4 is 51.2 Å². The van der Waals surface area contributed by atoms with E-state index in [4.69, 9.17) is 0 Å². The summed E-state index contributed by atoms with van der Waals surface area (Å²) in [5, 5.41) is 10.7. The fourth-order valence-electron chi connectivity index (χ4n) is 6.19. The van der Waals surface area contributed by atoms with Crippen LogP contribution in [-0.2, 0) is 16.2 Å². The fraction of sp³-hybridized carbons (Fsp3) is 0.250. The second-order valence-corrected chi connectivity index (χ2v) is 16.8. The van der Waals surface area contributed by atoms with Crippen LogP contribution < -0.4 is 20.9 Å². The Morgan fingerprint density at radius 2 is 0.442 bits per heavy atom. The molecular weight excluding hydrogens is 633 g/mol. The molecule has 0 atom stereocenters. The van der Waals surface area contributed by atoms with Crippen molar-refractivity contribution in [2.24, 2.45) is 0 Å². The van der Waals surface area contributed by atoms with Gasteiger partial charge in [0.25, 0.3) is 0 Å². The van der Waals surface area contributed by atoms with Gasteiger partial charge in [-0.2, -0.15) is 0 Å². The molecule has 0 saturated carbocycles. The molecule has 0 saturated heterocycles. The topological polar surface area (TPSA) is 39.3 Å². The van der Waals surface area contributed by atoms with E-state index in [-0.39, 0.29) is 16.2 Å². The zero-order chi connectivity index (χ0) is 37.1. The van der Waals surface area contributed by atoms with E-state index >= 15 is 0 Å². The number of anilines is 9. The van der Waals surface area contributed by atoms with E-state index in [0.717, 1.165) is 51.2 Å². The average Bonchev–Trinajstić information content (AvgIpc) is 3.10. The molecule has 0 amide bonds. The van der Waals surface area contributed by atoms with Crippen molar-refractivity contribution in [1.29, 1.82) is 0 Å². The highest BCUT2D eigenvalue weighted by atomic mass is 15.1. The van der Waals surface area contributed by atoms with Gasteiger partial charge in [-0.25, -0.2) is 0 Å². The lowest BCUT2D eigenvalue weighted by atomic mass is 9.87. The lowest BCUT2D eigenvalue weighted by Crippen LogP contribution is -2.11. The van der Waals surface area contributed by atoms with Crippen LogP contribution in [0.4, 0.5) is 51.2 Å². The molecule has 0 radical (unpaired) electrons. The van der Waals surface area contributed by atoms with Crippen LogP contribution in [0, 0.1) is 0 Å². The lowest BCUT2D eigenvalue weighted by molar-refractivity contribution is 0.590. The highest BCUT2D eigenvalue weighted by Crippen LogP contribution is 2.37. The van der Waals surface area contributed by atoms with Crippen LogP contribution in [-0.4, -0.2) is 0 Å². The molecule has 0 aromatic heterocycles. The Bertz CT molecular complexity index is 1790. The second kappa shape index (κ2) is 14.6. The van der Waals surface area contributed by atoms with E-state index in [0.29, 0.717) is 0 Å². The van der Waals surface area contributed by atoms with Crippen molar-refractivity contribution in [2.75, 3.05) is 20.9 Å². The highest BCUT2D eigenvalue weighted by Gasteiger charge is 2.16. The van der Waals surface area contributed by atoms with Crippen LogP contribution in [0.1, 0.15) is 79.0 Å². The first-order chi connectivity index (χ1) is 24.6. The smallest absolute Gasteiger partial charge is 0.0463 e. The number of rotatable bonds is 9. The van der Waals surface area contributed by atoms with Crippen LogP contribution in [0.3, 0.4) is 0 Å². The third kappa shape index (κ3) is 9.05. The molecule has 6 rings (SSSR count). The second-order valence-electron chi connectivity index (χ2n) is 16.8. The Kier molecular flexibility index (Phi) is 10.2. The zero-order valence-electron chi connectivity index (χ0n) is 32.3. The van der Waals surface area contributed by atoms with Crippen LogP contribution in [0.5, 0.6) is 0 Å². The van der Waals surface area contributed by atoms with E-state index in [1.165, 1.54) is 16.7 Å². The third-order valence-corrected chi connectivity index (χ3v) is 9.50. The maximum absolute atomic E-state index is 3.58. The summed E-state index contributed by atoms with van der Waals surface area (Å²) in [4.78, 5) is 2.30. The van der Waals surface area contributed by atoms with Gasteiger partial charge in [-0.15, -0.1) is 0 Å². The first kappa shape index (κ1) is 36.3. The zero-order valence-corrected chi connectivity index (χ0v) is 32.3. The van der Waals surface area contributed by atoms with Crippen molar-refractivity contribution in [1.82, 2.24) is 0 Å². The molecular formula is C48H54N4. The summed E-state index contributed by atoms with van der Waals surface area (Å²) >= 11 is 0. The normalized spacial score (nSPS) is 11.9. The number of nitrogens with one attached hydrogen (secondary N) is 3. The predicted molar refractivity (Wildman–Crippen MR) is 226 cm³/mol. The molecule has 0 fully saturated rings. The minimum atomic E-state index is 0.127. The number of nitrogens with zero attached hydrogens (tertiary/aromatic N) is 1. The summed E-state index contributed by atoms with van der Waals surface area (Å²) < 4.78 is 0. The molecule has 0 bridgehead atoms. The average molecular weight is 687 g/mol. The highest BCUT2D eigenvalue weighted by molar-refractivity contribution is 5.80. The molecule has 0 spiro atoms. The summed E-state index contributed by atoms with van der Waals surface area (Å²) in [7, 11) is 0. The maximum Gasteiger partial charge on any atom is 0.0463 e. The first-order valence-electron chi connectivity index (χ1n) is 18.3. The molecule has 3 N–H and O–H groups in total. The Morgan fingerprint density at radius 1 is 0.269 bits per heavy atom. The summed E-state index contributed by atoms with van der Waals surface area (Å²) in [5.41, 5.74) is 13.9. The molecule has 6 aromatic carbocycles. The molecule has 6 aromatic rings. The van der Waals surface area contributed by atoms with E-state index in [9.17, 15) is 0 Å². The van der Waals surface area contributed by atoms with Gasteiger partial charge in [0.1, 0.15) is 0 Å². The van der Waals surface area contributed by atoms with E-state index in [2.05, 4.69) is 229 Å². The van der Waals surface area contributed by atoms with E-state index < -0.39 is 0 Å². The summed E-state index contributed by atoms with van der Waals surface area (Å²) in [5.74, 6) is 0. The fourth-order valence-corrected chi connectivity index (χ4v) is 6.19. The molecule has 0 unspecified atom stereocenters. The Balaban J connectivity index is 1.24. The Morgan fingerprint density at radius 3 is 0.615 bits per heavy atom. The summed E-state index contributed by atoms with van der Waals surface area (Å²) in [6, 6.07) is 52.1. The van der Waals surface area contributed by atoms with E-state index in [1.807, 2.05) is 0 Å². The standard InChI is InChI=1S/C48H54N4/c1-46(2,3)34-10-16-37(17-11-34)49-40-22-28-43(29-23-40)52(44-30-24-41(25-31-44)50-38-18-12-35(13-19-38)47(4,5)6)45-32-26-42(27-33-45)51-39-20-14-36(15-21-39)48(7,8)9/h10-33,49-51H,1-9H3. The van der Waals surface area contributed by atoms with Gasteiger partial charge in [0.15, 0.2) is 0 Å². The predicted octanol–water partition coefficient (Wildman–Crippen LogP) is 14.3. The lowest BCUT2D eigenvalue weighted by Gasteiger charge is -2.26. The first-order valence-corrected chi connectivity index (χ1v) is 18.3. The van der Waals surface area contributed by atoms with Gasteiger partial charge in [0, 0.05) is 51.2 Å². The van der Waals surface area contributed by atoms with Crippen molar-refractivity contribution in [3.05, 3.63) is 162 Å². The van der Waals surface area contributed by atoms with Crippen LogP contribution in [0.15, 0.2) is 146 Å². The van der Waals surface area contributed by atoms with Gasteiger partial charge in [-0.3, -0.25) is 0 Å².